The van der Waals surface area contributed by atoms with Gasteiger partial charge in [-0.25, -0.2) is 8.42 Å². The van der Waals surface area contributed by atoms with E-state index in [1.807, 2.05) is 6.08 Å². The van der Waals surface area contributed by atoms with Crippen molar-refractivity contribution in [1.82, 2.24) is 0 Å². The van der Waals surface area contributed by atoms with Gasteiger partial charge in [-0.2, -0.15) is 0 Å². The lowest BCUT2D eigenvalue weighted by molar-refractivity contribution is -0.163. The zero-order chi connectivity index (χ0) is 34.2. The maximum atomic E-state index is 13.6. The van der Waals surface area contributed by atoms with Crippen molar-refractivity contribution in [3.05, 3.63) is 67.3 Å². The summed E-state index contributed by atoms with van der Waals surface area (Å²) in [5, 5.41) is 10.4. The predicted molar refractivity (Wildman–Crippen MR) is 184 cm³/mol. The van der Waals surface area contributed by atoms with Crippen LogP contribution in [0.2, 0.25) is 0 Å². The Balaban J connectivity index is 1.45. The summed E-state index contributed by atoms with van der Waals surface area (Å²) in [5.41, 5.74) is 6.67. The number of aliphatic hydroxyl groups is 1. The monoisotopic (exact) mass is 675 g/mol. The molecule has 7 unspecified atom stereocenters. The molecule has 264 valence electrons. The standard InChI is InChI=1S/C37H57NO8S/c1-7-17-43-18-11-12-28-19-25(2)32(44-28)16-15-29-20-26(3)37(4,5)35(45-29)22-33-31(24-47(40,41)30-13-9-8-10-14-30)36(42-6)34(46-33)21-27(39)23-38/h7-14,26-29,31-36,39H,1-2,15-24,38H2,3-6H3/b12-11+/t26?,27?,28?,29?,31?,32-,33-,34?,35?,36+/m0/s1. The number of hydrogen-bond donors (Lipinski definition) is 2. The predicted octanol–water partition coefficient (Wildman–Crippen LogP) is 5.03. The van der Waals surface area contributed by atoms with Gasteiger partial charge in [0.2, 0.25) is 0 Å². The van der Waals surface area contributed by atoms with E-state index >= 15 is 0 Å². The van der Waals surface area contributed by atoms with E-state index in [9.17, 15) is 13.5 Å². The molecule has 10 atom stereocenters. The average Bonchev–Trinajstić information content (AvgIpc) is 3.56. The molecule has 3 saturated heterocycles. The van der Waals surface area contributed by atoms with Gasteiger partial charge in [0, 0.05) is 38.8 Å². The van der Waals surface area contributed by atoms with E-state index in [-0.39, 0.29) is 53.4 Å². The molecule has 1 aromatic carbocycles. The Bertz CT molecular complexity index is 1280. The van der Waals surface area contributed by atoms with Gasteiger partial charge in [0.1, 0.15) is 0 Å². The minimum Gasteiger partial charge on any atom is -0.392 e. The molecule has 0 amide bonds. The first-order chi connectivity index (χ1) is 22.4. The largest absolute Gasteiger partial charge is 0.392 e. The third kappa shape index (κ3) is 9.85. The highest BCUT2D eigenvalue weighted by atomic mass is 32.2. The van der Waals surface area contributed by atoms with Gasteiger partial charge in [0.05, 0.1) is 72.7 Å². The second-order valence-corrected chi connectivity index (χ2v) is 16.1. The van der Waals surface area contributed by atoms with Crippen molar-refractivity contribution in [1.29, 1.82) is 0 Å². The molecule has 0 aliphatic carbocycles. The summed E-state index contributed by atoms with van der Waals surface area (Å²) in [6.07, 6.45) is 7.57. The number of hydrogen-bond acceptors (Lipinski definition) is 9. The van der Waals surface area contributed by atoms with E-state index < -0.39 is 40.2 Å². The molecule has 0 aromatic heterocycles. The number of rotatable bonds is 17. The van der Waals surface area contributed by atoms with Crippen LogP contribution in [0.1, 0.15) is 59.3 Å². The summed E-state index contributed by atoms with van der Waals surface area (Å²) in [7, 11) is -2.05. The smallest absolute Gasteiger partial charge is 0.178 e. The van der Waals surface area contributed by atoms with E-state index in [0.29, 0.717) is 25.6 Å². The summed E-state index contributed by atoms with van der Waals surface area (Å²) in [5.74, 6) is -0.206. The molecule has 3 aliphatic rings. The molecule has 9 nitrogen and oxygen atoms in total. The summed E-state index contributed by atoms with van der Waals surface area (Å²) in [6.45, 7) is 15.8. The van der Waals surface area contributed by atoms with Gasteiger partial charge < -0.3 is 34.5 Å². The molecule has 47 heavy (non-hydrogen) atoms. The molecule has 3 N–H and O–H groups in total. The molecule has 0 radical (unpaired) electrons. The summed E-state index contributed by atoms with van der Waals surface area (Å²) in [6, 6.07) is 8.50. The van der Waals surface area contributed by atoms with Crippen LogP contribution in [0.3, 0.4) is 0 Å². The van der Waals surface area contributed by atoms with Crippen molar-refractivity contribution in [2.24, 2.45) is 23.0 Å². The van der Waals surface area contributed by atoms with E-state index in [1.165, 1.54) is 0 Å². The molecule has 1 aromatic rings. The number of ether oxygens (including phenoxy) is 5. The second kappa shape index (κ2) is 17.2. The van der Waals surface area contributed by atoms with Crippen molar-refractivity contribution in [2.45, 2.75) is 113 Å². The number of nitrogens with two attached hydrogens (primary N) is 1. The lowest BCUT2D eigenvalue weighted by Gasteiger charge is -2.48. The molecular formula is C37H57NO8S. The van der Waals surface area contributed by atoms with Crippen molar-refractivity contribution in [3.8, 4) is 0 Å². The van der Waals surface area contributed by atoms with E-state index in [4.69, 9.17) is 29.4 Å². The fraction of sp³-hybridized carbons (Fsp3) is 0.676. The van der Waals surface area contributed by atoms with E-state index in [2.05, 4.69) is 40.0 Å². The maximum Gasteiger partial charge on any atom is 0.178 e. The Morgan fingerprint density at radius 1 is 1.13 bits per heavy atom. The van der Waals surface area contributed by atoms with E-state index in [1.54, 1.807) is 43.5 Å². The zero-order valence-corrected chi connectivity index (χ0v) is 29.5. The average molecular weight is 676 g/mol. The lowest BCUT2D eigenvalue weighted by atomic mass is 9.68. The first-order valence-electron chi connectivity index (χ1n) is 17.1. The number of benzene rings is 1. The molecule has 3 heterocycles. The summed E-state index contributed by atoms with van der Waals surface area (Å²) < 4.78 is 58.3. The van der Waals surface area contributed by atoms with Crippen molar-refractivity contribution in [3.63, 3.8) is 0 Å². The molecule has 0 bridgehead atoms. The molecule has 10 heteroatoms. The second-order valence-electron chi connectivity index (χ2n) is 14.1. The molecule has 3 aliphatic heterocycles. The highest BCUT2D eigenvalue weighted by molar-refractivity contribution is 7.91. The van der Waals surface area contributed by atoms with Crippen LogP contribution < -0.4 is 5.73 Å². The Morgan fingerprint density at radius 2 is 1.87 bits per heavy atom. The SMILES string of the molecule is C=CCOC/C=C/C1CC(=C)[C@H](CCC2CC(C)C(C)(C)C(C[C@@H]3OC(CC(O)CN)[C@H](OC)C3CS(=O)(=O)c3ccccc3)O2)O1. The van der Waals surface area contributed by atoms with Crippen LogP contribution in [-0.2, 0) is 33.5 Å². The van der Waals surface area contributed by atoms with Crippen LogP contribution in [0.5, 0.6) is 0 Å². The van der Waals surface area contributed by atoms with Crippen molar-refractivity contribution < 1.29 is 37.2 Å². The van der Waals surface area contributed by atoms with E-state index in [0.717, 1.165) is 31.3 Å². The Kier molecular flexibility index (Phi) is 13.8. The highest BCUT2D eigenvalue weighted by Gasteiger charge is 2.51. The third-order valence-corrected chi connectivity index (χ3v) is 12.3. The van der Waals surface area contributed by atoms with Crippen molar-refractivity contribution >= 4 is 9.84 Å². The molecule has 0 saturated carbocycles. The first kappa shape index (κ1) is 37.9. The highest BCUT2D eigenvalue weighted by Crippen LogP contribution is 2.46. The topological polar surface area (TPSA) is 127 Å². The fourth-order valence-corrected chi connectivity index (χ4v) is 8.99. The molecule has 0 spiro atoms. The first-order valence-corrected chi connectivity index (χ1v) is 18.7. The number of aliphatic hydroxyl groups excluding tert-OH is 1. The maximum absolute atomic E-state index is 13.6. The molecular weight excluding hydrogens is 618 g/mol. The van der Waals surface area contributed by atoms with Gasteiger partial charge in [-0.3, -0.25) is 0 Å². The minimum atomic E-state index is -3.63. The van der Waals surface area contributed by atoms with Crippen LogP contribution >= 0.6 is 0 Å². The molecule has 4 rings (SSSR count). The quantitative estimate of drug-likeness (QED) is 0.173. The van der Waals surface area contributed by atoms with Crippen LogP contribution in [0.4, 0.5) is 0 Å². The third-order valence-electron chi connectivity index (χ3n) is 10.5. The van der Waals surface area contributed by atoms with Gasteiger partial charge in [-0.05, 0) is 48.3 Å². The Morgan fingerprint density at radius 3 is 2.55 bits per heavy atom. The fourth-order valence-electron chi connectivity index (χ4n) is 7.31. The number of methoxy groups -OCH3 is 1. The van der Waals surface area contributed by atoms with Gasteiger partial charge >= 0.3 is 0 Å². The van der Waals surface area contributed by atoms with Gasteiger partial charge in [0.25, 0.3) is 0 Å². The van der Waals surface area contributed by atoms with Crippen molar-refractivity contribution in [2.75, 3.05) is 32.6 Å². The Labute approximate surface area is 282 Å². The van der Waals surface area contributed by atoms with Gasteiger partial charge in [-0.1, -0.05) is 63.8 Å². The van der Waals surface area contributed by atoms with Crippen LogP contribution in [0.15, 0.2) is 72.2 Å². The lowest BCUT2D eigenvalue weighted by Crippen LogP contribution is -2.48. The van der Waals surface area contributed by atoms with Crippen LogP contribution in [0.25, 0.3) is 0 Å². The van der Waals surface area contributed by atoms with Gasteiger partial charge in [-0.15, -0.1) is 6.58 Å². The van der Waals surface area contributed by atoms with Crippen LogP contribution in [0, 0.1) is 17.3 Å². The zero-order valence-electron chi connectivity index (χ0n) is 28.7. The minimum absolute atomic E-state index is 0.000731. The number of sulfone groups is 1. The molecule has 3 fully saturated rings. The normalized spacial score (nSPS) is 33.4. The van der Waals surface area contributed by atoms with Crippen LogP contribution in [-0.4, -0.2) is 95.0 Å². The summed E-state index contributed by atoms with van der Waals surface area (Å²) >= 11 is 0. The summed E-state index contributed by atoms with van der Waals surface area (Å²) in [4.78, 5) is 0.274. The Hall–Kier alpha value is -1.89. The van der Waals surface area contributed by atoms with Gasteiger partial charge in [0.15, 0.2) is 9.84 Å².